The summed E-state index contributed by atoms with van der Waals surface area (Å²) in [7, 11) is 0. The Hall–Kier alpha value is -2.12. The van der Waals surface area contributed by atoms with Crippen molar-refractivity contribution in [1.82, 2.24) is 15.2 Å². The number of ether oxygens (including phenoxy) is 1. The third-order valence-electron chi connectivity index (χ3n) is 3.70. The predicted molar refractivity (Wildman–Crippen MR) is 98.2 cm³/mol. The van der Waals surface area contributed by atoms with E-state index in [1.807, 2.05) is 54.8 Å². The molecule has 0 amide bonds. The summed E-state index contributed by atoms with van der Waals surface area (Å²) in [6, 6.07) is 15.9. The highest BCUT2D eigenvalue weighted by Crippen LogP contribution is 2.40. The molecule has 7 heteroatoms. The highest BCUT2D eigenvalue weighted by atomic mass is 79.9. The zero-order valence-corrected chi connectivity index (χ0v) is 15.1. The lowest BCUT2D eigenvalue weighted by molar-refractivity contribution is 0.224. The molecule has 2 aromatic carbocycles. The summed E-state index contributed by atoms with van der Waals surface area (Å²) >= 11 is 5.03. The van der Waals surface area contributed by atoms with Crippen LogP contribution in [-0.4, -0.2) is 21.4 Å². The lowest BCUT2D eigenvalue weighted by Crippen LogP contribution is -2.17. The zero-order chi connectivity index (χ0) is 16.5. The highest BCUT2D eigenvalue weighted by Gasteiger charge is 2.26. The van der Waals surface area contributed by atoms with Gasteiger partial charge in [-0.15, -0.1) is 10.2 Å². The number of aromatic nitrogens is 3. The third kappa shape index (κ3) is 2.74. The van der Waals surface area contributed by atoms with E-state index in [1.54, 1.807) is 0 Å². The van der Waals surface area contributed by atoms with E-state index in [9.17, 15) is 0 Å². The van der Waals surface area contributed by atoms with Crippen LogP contribution in [0.15, 0.2) is 58.2 Å². The fraction of sp³-hybridized carbons (Fsp3) is 0.118. The molecule has 0 fully saturated rings. The molecule has 4 rings (SSSR count). The van der Waals surface area contributed by atoms with Gasteiger partial charge in [0, 0.05) is 21.3 Å². The number of thioether (sulfide) groups is 1. The second-order valence-electron chi connectivity index (χ2n) is 5.16. The maximum Gasteiger partial charge on any atom is 0.247 e. The van der Waals surface area contributed by atoms with Gasteiger partial charge in [-0.2, -0.15) is 4.98 Å². The number of nitrogens with one attached hydrogen (secondary N) is 1. The van der Waals surface area contributed by atoms with Gasteiger partial charge in [0.15, 0.2) is 11.9 Å². The van der Waals surface area contributed by atoms with Gasteiger partial charge in [-0.25, -0.2) is 0 Å². The molecule has 0 radical (unpaired) electrons. The molecule has 2 heterocycles. The van der Waals surface area contributed by atoms with Gasteiger partial charge in [-0.3, -0.25) is 0 Å². The monoisotopic (exact) mass is 400 g/mol. The first-order valence-electron chi connectivity index (χ1n) is 7.32. The molecule has 0 bridgehead atoms. The summed E-state index contributed by atoms with van der Waals surface area (Å²) in [4.78, 5) is 4.51. The molecule has 0 saturated carbocycles. The van der Waals surface area contributed by atoms with Crippen molar-refractivity contribution < 1.29 is 4.74 Å². The minimum atomic E-state index is -0.380. The largest absolute Gasteiger partial charge is 0.448 e. The highest BCUT2D eigenvalue weighted by molar-refractivity contribution is 9.10. The zero-order valence-electron chi connectivity index (χ0n) is 12.7. The molecule has 5 nitrogen and oxygen atoms in total. The van der Waals surface area contributed by atoms with Gasteiger partial charge >= 0.3 is 0 Å². The summed E-state index contributed by atoms with van der Waals surface area (Å²) in [6.07, 6.45) is 1.53. The lowest BCUT2D eigenvalue weighted by Gasteiger charge is -2.20. The molecule has 1 aliphatic heterocycles. The van der Waals surface area contributed by atoms with Crippen LogP contribution in [0.3, 0.4) is 0 Å². The molecule has 0 aliphatic carbocycles. The Morgan fingerprint density at radius 2 is 1.88 bits per heavy atom. The molecule has 0 unspecified atom stereocenters. The second kappa shape index (κ2) is 6.41. The van der Waals surface area contributed by atoms with Crippen LogP contribution < -0.4 is 10.1 Å². The number of hydrogen-bond acceptors (Lipinski definition) is 6. The quantitative estimate of drug-likeness (QED) is 0.637. The van der Waals surface area contributed by atoms with Crippen LogP contribution in [0, 0.1) is 0 Å². The summed E-state index contributed by atoms with van der Waals surface area (Å²) in [5.41, 5.74) is 3.50. The molecular weight excluding hydrogens is 388 g/mol. The summed E-state index contributed by atoms with van der Waals surface area (Å²) < 4.78 is 7.15. The number of para-hydroxylation sites is 1. The van der Waals surface area contributed by atoms with Crippen LogP contribution in [0.4, 0.5) is 5.69 Å². The van der Waals surface area contributed by atoms with Crippen LogP contribution in [0.25, 0.3) is 11.3 Å². The lowest BCUT2D eigenvalue weighted by atomic mass is 10.1. The number of fused-ring (bicyclic) bond motifs is 3. The van der Waals surface area contributed by atoms with Crippen molar-refractivity contribution in [3.8, 4) is 17.1 Å². The molecule has 1 aliphatic rings. The Labute approximate surface area is 152 Å². The van der Waals surface area contributed by atoms with Gasteiger partial charge < -0.3 is 10.1 Å². The third-order valence-corrected chi connectivity index (χ3v) is 4.96. The van der Waals surface area contributed by atoms with Gasteiger partial charge in [0.05, 0.1) is 0 Å². The Kier molecular flexibility index (Phi) is 4.12. The van der Waals surface area contributed by atoms with E-state index in [2.05, 4.69) is 36.4 Å². The topological polar surface area (TPSA) is 59.9 Å². The Morgan fingerprint density at radius 1 is 1.08 bits per heavy atom. The summed E-state index contributed by atoms with van der Waals surface area (Å²) in [5.74, 6) is 0.479. The fourth-order valence-corrected chi connectivity index (χ4v) is 3.35. The Bertz CT molecular complexity index is 905. The minimum absolute atomic E-state index is 0.380. The molecule has 3 aromatic rings. The van der Waals surface area contributed by atoms with Crippen LogP contribution in [0.2, 0.25) is 0 Å². The fourth-order valence-electron chi connectivity index (χ4n) is 2.56. The average Bonchev–Trinajstić information content (AvgIpc) is 2.78. The van der Waals surface area contributed by atoms with E-state index in [0.717, 1.165) is 21.3 Å². The molecule has 1 N–H and O–H groups in total. The molecule has 0 saturated heterocycles. The van der Waals surface area contributed by atoms with E-state index in [0.29, 0.717) is 16.7 Å². The first-order valence-corrected chi connectivity index (χ1v) is 9.34. The first kappa shape index (κ1) is 15.4. The number of rotatable bonds is 2. The van der Waals surface area contributed by atoms with E-state index < -0.39 is 0 Å². The summed E-state index contributed by atoms with van der Waals surface area (Å²) in [6.45, 7) is 0. The number of hydrogen-bond donors (Lipinski definition) is 1. The number of nitrogens with zero attached hydrogens (tertiary/aromatic N) is 3. The first-order chi connectivity index (χ1) is 11.8. The van der Waals surface area contributed by atoms with E-state index in [1.165, 1.54) is 11.8 Å². The van der Waals surface area contributed by atoms with Crippen molar-refractivity contribution >= 4 is 33.4 Å². The number of anilines is 1. The second-order valence-corrected chi connectivity index (χ2v) is 6.79. The molecule has 1 atom stereocenters. The maximum atomic E-state index is 6.18. The maximum absolute atomic E-state index is 6.18. The standard InChI is InChI=1S/C17H13BrN4OS/c1-24-17-20-16-14(21-22-17)11-7-3-5-9-13(11)19-15(23-16)10-6-2-4-8-12(10)18/h2-9,15,19H,1H3/t15-/m0/s1. The van der Waals surface area contributed by atoms with Gasteiger partial charge in [0.25, 0.3) is 0 Å². The van der Waals surface area contributed by atoms with Gasteiger partial charge in [-0.1, -0.05) is 64.1 Å². The van der Waals surface area contributed by atoms with Gasteiger partial charge in [0.1, 0.15) is 0 Å². The number of benzene rings is 2. The van der Waals surface area contributed by atoms with Crippen molar-refractivity contribution in [3.05, 3.63) is 58.6 Å². The van der Waals surface area contributed by atoms with E-state index >= 15 is 0 Å². The van der Waals surface area contributed by atoms with Crippen LogP contribution in [-0.2, 0) is 0 Å². The summed E-state index contributed by atoms with van der Waals surface area (Å²) in [5, 5.41) is 12.5. The molecule has 0 spiro atoms. The normalized spacial score (nSPS) is 15.5. The SMILES string of the molecule is CSc1nnc2c(n1)O[C@@H](c1ccccc1Br)Nc1ccccc1-2. The van der Waals surface area contributed by atoms with Crippen LogP contribution in [0.1, 0.15) is 11.8 Å². The van der Waals surface area contributed by atoms with Gasteiger partial charge in [0.2, 0.25) is 11.0 Å². The van der Waals surface area contributed by atoms with Gasteiger partial charge in [-0.05, 0) is 18.4 Å². The van der Waals surface area contributed by atoms with Crippen LogP contribution >= 0.6 is 27.7 Å². The van der Waals surface area contributed by atoms with Crippen molar-refractivity contribution in [2.75, 3.05) is 11.6 Å². The van der Waals surface area contributed by atoms with Crippen molar-refractivity contribution in [3.63, 3.8) is 0 Å². The van der Waals surface area contributed by atoms with Crippen LogP contribution in [0.5, 0.6) is 5.88 Å². The Balaban J connectivity index is 1.89. The molecule has 1 aromatic heterocycles. The predicted octanol–water partition coefficient (Wildman–Crippen LogP) is 4.53. The Morgan fingerprint density at radius 3 is 2.71 bits per heavy atom. The van der Waals surface area contributed by atoms with Crippen molar-refractivity contribution in [1.29, 1.82) is 0 Å². The minimum Gasteiger partial charge on any atom is -0.448 e. The van der Waals surface area contributed by atoms with E-state index in [4.69, 9.17) is 4.74 Å². The average molecular weight is 401 g/mol. The molecule has 24 heavy (non-hydrogen) atoms. The van der Waals surface area contributed by atoms with Crippen molar-refractivity contribution in [2.45, 2.75) is 11.4 Å². The number of halogens is 1. The molecule has 120 valence electrons. The van der Waals surface area contributed by atoms with Crippen molar-refractivity contribution in [2.24, 2.45) is 0 Å². The molecular formula is C17H13BrN4OS. The van der Waals surface area contributed by atoms with E-state index in [-0.39, 0.29) is 6.23 Å². The smallest absolute Gasteiger partial charge is 0.247 e.